The monoisotopic (exact) mass is 610 g/mol. The van der Waals surface area contributed by atoms with Crippen LogP contribution >= 0.6 is 11.8 Å². The first-order valence-corrected chi connectivity index (χ1v) is 14.9. The van der Waals surface area contributed by atoms with Crippen molar-refractivity contribution in [1.82, 2.24) is 14.5 Å². The number of halogens is 1. The lowest BCUT2D eigenvalue weighted by Gasteiger charge is -2.37. The lowest BCUT2D eigenvalue weighted by Crippen LogP contribution is -2.49. The Balaban J connectivity index is 1.02. The van der Waals surface area contributed by atoms with E-state index in [1.807, 2.05) is 11.0 Å². The summed E-state index contributed by atoms with van der Waals surface area (Å²) in [6, 6.07) is 6.50. The van der Waals surface area contributed by atoms with Gasteiger partial charge in [-0.2, -0.15) is 0 Å². The fraction of sp³-hybridized carbons (Fsp3) is 0.393. The number of rotatable bonds is 6. The van der Waals surface area contributed by atoms with Crippen LogP contribution in [0.3, 0.4) is 0 Å². The zero-order valence-corrected chi connectivity index (χ0v) is 23.6. The molecular formula is C28H27FN6O7S. The second kappa shape index (κ2) is 10.7. The minimum Gasteiger partial charge on any atom is -0.449 e. The molecule has 3 aliphatic heterocycles. The van der Waals surface area contributed by atoms with Crippen LogP contribution in [0.4, 0.5) is 31.3 Å². The van der Waals surface area contributed by atoms with Gasteiger partial charge in [0.1, 0.15) is 23.6 Å². The molecule has 224 valence electrons. The Morgan fingerprint density at radius 1 is 1.16 bits per heavy atom. The van der Waals surface area contributed by atoms with Crippen LogP contribution in [0.5, 0.6) is 5.75 Å². The van der Waals surface area contributed by atoms with E-state index in [0.717, 1.165) is 17.7 Å². The van der Waals surface area contributed by atoms with Gasteiger partial charge in [0.2, 0.25) is 11.3 Å². The van der Waals surface area contributed by atoms with Crippen molar-refractivity contribution >= 4 is 58.1 Å². The molecule has 0 spiro atoms. The van der Waals surface area contributed by atoms with Gasteiger partial charge in [-0.25, -0.2) is 19.0 Å². The van der Waals surface area contributed by atoms with Gasteiger partial charge < -0.3 is 29.4 Å². The van der Waals surface area contributed by atoms with Gasteiger partial charge in [0.05, 0.1) is 40.0 Å². The van der Waals surface area contributed by atoms with Crippen LogP contribution in [0.2, 0.25) is 0 Å². The molecule has 1 atom stereocenters. The third-order valence-electron chi connectivity index (χ3n) is 7.99. The topological polar surface area (TPSA) is 147 Å². The van der Waals surface area contributed by atoms with E-state index >= 15 is 4.39 Å². The van der Waals surface area contributed by atoms with Crippen LogP contribution in [0, 0.1) is 5.82 Å². The average Bonchev–Trinajstić information content (AvgIpc) is 3.76. The van der Waals surface area contributed by atoms with Crippen LogP contribution in [0.15, 0.2) is 40.2 Å². The number of fused-ring (bicyclic) bond motifs is 2. The van der Waals surface area contributed by atoms with E-state index in [4.69, 9.17) is 9.84 Å². The van der Waals surface area contributed by atoms with E-state index in [1.165, 1.54) is 28.9 Å². The Bertz CT molecular complexity index is 1720. The van der Waals surface area contributed by atoms with E-state index in [-0.39, 0.29) is 29.2 Å². The van der Waals surface area contributed by atoms with Crippen LogP contribution < -0.4 is 25.3 Å². The Kier molecular flexibility index (Phi) is 6.85. The zero-order chi connectivity index (χ0) is 29.8. The van der Waals surface area contributed by atoms with E-state index in [0.29, 0.717) is 67.9 Å². The molecule has 15 heteroatoms. The van der Waals surface area contributed by atoms with Gasteiger partial charge >= 0.3 is 12.2 Å². The molecule has 1 aliphatic carbocycles. The van der Waals surface area contributed by atoms with Gasteiger partial charge in [-0.3, -0.25) is 19.4 Å². The quantitative estimate of drug-likeness (QED) is 0.397. The Labute approximate surface area is 248 Å². The van der Waals surface area contributed by atoms with Crippen molar-refractivity contribution in [2.45, 2.75) is 29.9 Å². The number of cyclic esters (lactones) is 1. The molecule has 1 aromatic carbocycles. The number of ether oxygens (including phenoxy) is 2. The minimum absolute atomic E-state index is 0.0766. The fourth-order valence-corrected chi connectivity index (χ4v) is 6.52. The predicted octanol–water partition coefficient (Wildman–Crippen LogP) is 3.12. The molecule has 2 amide bonds. The highest BCUT2D eigenvalue weighted by Gasteiger charge is 2.36. The maximum atomic E-state index is 15.4. The van der Waals surface area contributed by atoms with Gasteiger partial charge in [0, 0.05) is 38.8 Å². The predicted molar refractivity (Wildman–Crippen MR) is 155 cm³/mol. The molecule has 1 saturated carbocycles. The standard InChI is InChI=1S/C28H27FN6O7S/c29-18-9-17-19(34(15-1-2-15)13-21(25(17)37)42-28(39)40)10-20(18)33-7-5-32(6-8-33)11-16-12-35(27(38)41-16)23-4-3-22-26(30-23)31-24(36)14-43-22/h3-4,9-10,13,15-16H,1-2,5-8,11-12,14H2,(H,39,40)(H,30,31,36)/t16-/m1/s1. The SMILES string of the molecule is O=C1CSc2ccc(N3C[C@@H](CN4CCN(c5cc6c(cc5F)c(=O)c(OC(=O)O)cn6C5CC5)CC4)OC3=O)nc2N1. The molecule has 2 saturated heterocycles. The number of hydrogen-bond donors (Lipinski definition) is 2. The molecule has 43 heavy (non-hydrogen) atoms. The van der Waals surface area contributed by atoms with Gasteiger partial charge in [-0.15, -0.1) is 11.8 Å². The number of benzene rings is 1. The summed E-state index contributed by atoms with van der Waals surface area (Å²) in [4.78, 5) is 59.2. The highest BCUT2D eigenvalue weighted by Crippen LogP contribution is 2.39. The lowest BCUT2D eigenvalue weighted by atomic mass is 10.1. The molecule has 5 heterocycles. The fourth-order valence-electron chi connectivity index (χ4n) is 5.76. The summed E-state index contributed by atoms with van der Waals surface area (Å²) in [6.45, 7) is 3.06. The van der Waals surface area contributed by atoms with Crippen LogP contribution in [-0.4, -0.2) is 88.8 Å². The maximum Gasteiger partial charge on any atom is 0.511 e. The second-order valence-corrected chi connectivity index (χ2v) is 11.9. The number of aromatic nitrogens is 2. The first-order valence-electron chi connectivity index (χ1n) is 13.9. The van der Waals surface area contributed by atoms with E-state index < -0.39 is 23.5 Å². The molecule has 2 aromatic heterocycles. The van der Waals surface area contributed by atoms with E-state index in [1.54, 1.807) is 16.7 Å². The summed E-state index contributed by atoms with van der Waals surface area (Å²) in [5, 5.41) is 11.8. The van der Waals surface area contributed by atoms with Crippen molar-refractivity contribution in [2.75, 3.05) is 60.1 Å². The number of carbonyl (C=O) groups excluding carboxylic acids is 2. The Hall–Kier alpha value is -4.37. The van der Waals surface area contributed by atoms with Gasteiger partial charge in [-0.1, -0.05) is 0 Å². The number of nitrogens with zero attached hydrogens (tertiary/aromatic N) is 5. The first-order chi connectivity index (χ1) is 20.7. The molecule has 0 unspecified atom stereocenters. The number of carbonyl (C=O) groups is 3. The van der Waals surface area contributed by atoms with Crippen LogP contribution in [0.1, 0.15) is 18.9 Å². The summed E-state index contributed by atoms with van der Waals surface area (Å²) in [7, 11) is 0. The molecule has 3 aromatic rings. The molecule has 0 bridgehead atoms. The van der Waals surface area contributed by atoms with Crippen molar-refractivity contribution < 1.29 is 33.4 Å². The molecule has 0 radical (unpaired) electrons. The molecule has 7 rings (SSSR count). The van der Waals surface area contributed by atoms with Crippen molar-refractivity contribution in [3.05, 3.63) is 46.5 Å². The van der Waals surface area contributed by atoms with Crippen LogP contribution in [0.25, 0.3) is 10.9 Å². The number of carboxylic acid groups (broad SMARTS) is 1. The molecule has 4 aliphatic rings. The minimum atomic E-state index is -1.60. The second-order valence-electron chi connectivity index (χ2n) is 10.9. The van der Waals surface area contributed by atoms with Gasteiger partial charge in [0.25, 0.3) is 0 Å². The third kappa shape index (κ3) is 5.33. The largest absolute Gasteiger partial charge is 0.511 e. The summed E-state index contributed by atoms with van der Waals surface area (Å²) in [6.07, 6.45) is 0.667. The van der Waals surface area contributed by atoms with Crippen LogP contribution in [-0.2, 0) is 9.53 Å². The van der Waals surface area contributed by atoms with Crippen molar-refractivity contribution in [2.24, 2.45) is 0 Å². The van der Waals surface area contributed by atoms with Crippen molar-refractivity contribution in [3.8, 4) is 5.75 Å². The normalized spacial score (nSPS) is 20.6. The third-order valence-corrected chi connectivity index (χ3v) is 9.04. The zero-order valence-electron chi connectivity index (χ0n) is 22.8. The van der Waals surface area contributed by atoms with Gasteiger partial charge in [-0.05, 0) is 37.1 Å². The van der Waals surface area contributed by atoms with E-state index in [9.17, 15) is 19.2 Å². The highest BCUT2D eigenvalue weighted by atomic mass is 32.2. The number of amides is 2. The summed E-state index contributed by atoms with van der Waals surface area (Å²) >= 11 is 1.40. The number of thioether (sulfide) groups is 1. The highest BCUT2D eigenvalue weighted by molar-refractivity contribution is 8.00. The number of nitrogens with one attached hydrogen (secondary N) is 1. The Morgan fingerprint density at radius 3 is 2.70 bits per heavy atom. The van der Waals surface area contributed by atoms with Gasteiger partial charge in [0.15, 0.2) is 5.75 Å². The smallest absolute Gasteiger partial charge is 0.449 e. The molecular weight excluding hydrogens is 583 g/mol. The summed E-state index contributed by atoms with van der Waals surface area (Å²) < 4.78 is 27.5. The molecule has 2 N–H and O–H groups in total. The average molecular weight is 611 g/mol. The number of pyridine rings is 2. The summed E-state index contributed by atoms with van der Waals surface area (Å²) in [5.41, 5.74) is 0.241. The summed E-state index contributed by atoms with van der Waals surface area (Å²) in [5.74, 6) is 0.137. The molecule has 3 fully saturated rings. The lowest BCUT2D eigenvalue weighted by molar-refractivity contribution is -0.113. The number of hydrogen-bond acceptors (Lipinski definition) is 10. The number of anilines is 3. The first kappa shape index (κ1) is 27.5. The number of piperazine rings is 1. The Morgan fingerprint density at radius 2 is 1.95 bits per heavy atom. The maximum absolute atomic E-state index is 15.4. The van der Waals surface area contributed by atoms with E-state index in [2.05, 4.69) is 19.9 Å². The van der Waals surface area contributed by atoms with Crippen molar-refractivity contribution in [3.63, 3.8) is 0 Å². The van der Waals surface area contributed by atoms with Crippen molar-refractivity contribution in [1.29, 1.82) is 0 Å². The molecule has 13 nitrogen and oxygen atoms in total.